The molecule has 0 saturated carbocycles. The van der Waals surface area contributed by atoms with Gasteiger partial charge in [-0.15, -0.1) is 0 Å². The average Bonchev–Trinajstić information content (AvgIpc) is 2.95. The summed E-state index contributed by atoms with van der Waals surface area (Å²) >= 11 is 0. The molecule has 0 aliphatic heterocycles. The van der Waals surface area contributed by atoms with Crippen LogP contribution in [0.4, 0.5) is 4.39 Å². The van der Waals surface area contributed by atoms with Crippen LogP contribution < -0.4 is 0 Å². The molecule has 0 radical (unpaired) electrons. The minimum absolute atomic E-state index is 0.168. The number of ether oxygens (including phenoxy) is 1. The number of aryl methyl sites for hydroxylation is 1. The predicted octanol–water partition coefficient (Wildman–Crippen LogP) is 3.47. The van der Waals surface area contributed by atoms with Gasteiger partial charge in [-0.05, 0) is 51.1 Å². The summed E-state index contributed by atoms with van der Waals surface area (Å²) in [5, 5.41) is 4.25. The Morgan fingerprint density at radius 1 is 1.24 bits per heavy atom. The average molecular weight is 342 g/mol. The zero-order valence-corrected chi connectivity index (χ0v) is 13.9. The Bertz CT molecular complexity index is 963. The van der Waals surface area contributed by atoms with Gasteiger partial charge in [-0.25, -0.2) is 14.2 Å². The van der Waals surface area contributed by atoms with Gasteiger partial charge in [0.1, 0.15) is 5.82 Å². The first-order valence-corrected chi connectivity index (χ1v) is 7.61. The second-order valence-corrected chi connectivity index (χ2v) is 5.67. The van der Waals surface area contributed by atoms with Crippen LogP contribution in [0.3, 0.4) is 0 Å². The molecule has 0 spiro atoms. The molecule has 1 aromatic carbocycles. The topological polar surface area (TPSA) is 82.3 Å². The number of esters is 1. The first-order chi connectivity index (χ1) is 11.9. The molecule has 1 unspecified atom stereocenters. The molecule has 1 atom stereocenters. The molecule has 2 heterocycles. The number of nitrogens with zero attached hydrogens (tertiary/aromatic N) is 2. The first kappa shape index (κ1) is 16.8. The highest BCUT2D eigenvalue weighted by Crippen LogP contribution is 2.28. The number of carbonyl (C=O) groups excluding carboxylic acids is 2. The zero-order chi connectivity index (χ0) is 18.1. The number of pyridine rings is 1. The third-order valence-corrected chi connectivity index (χ3v) is 3.83. The quantitative estimate of drug-likeness (QED) is 0.675. The van der Waals surface area contributed by atoms with Crippen molar-refractivity contribution in [2.24, 2.45) is 0 Å². The lowest BCUT2D eigenvalue weighted by Gasteiger charge is -2.11. The van der Waals surface area contributed by atoms with Crippen LogP contribution in [0.2, 0.25) is 0 Å². The van der Waals surface area contributed by atoms with Crippen molar-refractivity contribution in [3.8, 4) is 11.3 Å². The molecule has 128 valence electrons. The molecule has 0 bridgehead atoms. The van der Waals surface area contributed by atoms with Gasteiger partial charge in [0.25, 0.3) is 5.71 Å². The number of hydrogen-bond donors (Lipinski definition) is 0. The third-order valence-electron chi connectivity index (χ3n) is 3.83. The lowest BCUT2D eigenvalue weighted by molar-refractivity contribution is -0.124. The standard InChI is InChI=1S/C18H15FN2O4/c1-9-16-14(18(23)24-11(3)10(2)22)8-15(20-17(16)25-21-9)12-4-6-13(19)7-5-12/h4-8,11H,1-3H3. The lowest BCUT2D eigenvalue weighted by Crippen LogP contribution is -2.22. The second-order valence-electron chi connectivity index (χ2n) is 5.67. The van der Waals surface area contributed by atoms with Gasteiger partial charge in [0.15, 0.2) is 11.9 Å². The Balaban J connectivity index is 2.12. The van der Waals surface area contributed by atoms with Gasteiger partial charge < -0.3 is 9.26 Å². The summed E-state index contributed by atoms with van der Waals surface area (Å²) in [6, 6.07) is 7.19. The van der Waals surface area contributed by atoms with Crippen molar-refractivity contribution in [3.05, 3.63) is 47.4 Å². The summed E-state index contributed by atoms with van der Waals surface area (Å²) < 4.78 is 23.5. The van der Waals surface area contributed by atoms with E-state index in [1.165, 1.54) is 32.0 Å². The molecule has 7 heteroatoms. The van der Waals surface area contributed by atoms with E-state index in [4.69, 9.17) is 9.26 Å². The Kier molecular flexibility index (Phi) is 4.31. The van der Waals surface area contributed by atoms with Crippen LogP contribution in [0.5, 0.6) is 0 Å². The molecule has 0 saturated heterocycles. The molecule has 0 aliphatic rings. The highest BCUT2D eigenvalue weighted by molar-refractivity contribution is 6.05. The lowest BCUT2D eigenvalue weighted by atomic mass is 10.1. The van der Waals surface area contributed by atoms with E-state index in [9.17, 15) is 14.0 Å². The molecule has 0 fully saturated rings. The van der Waals surface area contributed by atoms with Crippen molar-refractivity contribution in [1.29, 1.82) is 0 Å². The van der Waals surface area contributed by atoms with Crippen molar-refractivity contribution < 1.29 is 23.2 Å². The Labute approximate surface area is 142 Å². The van der Waals surface area contributed by atoms with Gasteiger partial charge in [-0.3, -0.25) is 4.79 Å². The first-order valence-electron chi connectivity index (χ1n) is 7.61. The summed E-state index contributed by atoms with van der Waals surface area (Å²) in [6.07, 6.45) is -0.870. The molecular weight excluding hydrogens is 327 g/mol. The minimum atomic E-state index is -0.870. The summed E-state index contributed by atoms with van der Waals surface area (Å²) in [5.74, 6) is -1.32. The van der Waals surface area contributed by atoms with Crippen molar-refractivity contribution in [1.82, 2.24) is 10.1 Å². The Morgan fingerprint density at radius 3 is 2.56 bits per heavy atom. The molecular formula is C18H15FN2O4. The smallest absolute Gasteiger partial charge is 0.339 e. The van der Waals surface area contributed by atoms with Crippen molar-refractivity contribution in [2.75, 3.05) is 0 Å². The van der Waals surface area contributed by atoms with Crippen LogP contribution in [-0.4, -0.2) is 28.0 Å². The van der Waals surface area contributed by atoms with Gasteiger partial charge in [-0.2, -0.15) is 0 Å². The molecule has 0 N–H and O–H groups in total. The van der Waals surface area contributed by atoms with E-state index in [1.54, 1.807) is 19.1 Å². The molecule has 6 nitrogen and oxygen atoms in total. The maximum atomic E-state index is 13.1. The van der Waals surface area contributed by atoms with Crippen LogP contribution in [0.1, 0.15) is 29.9 Å². The van der Waals surface area contributed by atoms with Crippen molar-refractivity contribution in [2.45, 2.75) is 26.9 Å². The molecule has 2 aromatic heterocycles. The molecule has 3 rings (SSSR count). The van der Waals surface area contributed by atoms with Gasteiger partial charge in [0.2, 0.25) is 0 Å². The second kappa shape index (κ2) is 6.43. The van der Waals surface area contributed by atoms with E-state index in [2.05, 4.69) is 10.1 Å². The fourth-order valence-electron chi connectivity index (χ4n) is 2.33. The third kappa shape index (κ3) is 3.26. The zero-order valence-electron chi connectivity index (χ0n) is 13.9. The number of aromatic nitrogens is 2. The number of carbonyl (C=O) groups is 2. The molecule has 0 amide bonds. The van der Waals surface area contributed by atoms with Gasteiger partial charge in [0.05, 0.1) is 22.3 Å². The highest BCUT2D eigenvalue weighted by Gasteiger charge is 2.23. The van der Waals surface area contributed by atoms with Crippen LogP contribution in [0, 0.1) is 12.7 Å². The normalized spacial score (nSPS) is 12.2. The van der Waals surface area contributed by atoms with Gasteiger partial charge in [-0.1, -0.05) is 5.16 Å². The number of fused-ring (bicyclic) bond motifs is 1. The largest absolute Gasteiger partial charge is 0.451 e. The highest BCUT2D eigenvalue weighted by atomic mass is 19.1. The Morgan fingerprint density at radius 2 is 1.92 bits per heavy atom. The van der Waals surface area contributed by atoms with E-state index >= 15 is 0 Å². The fourth-order valence-corrected chi connectivity index (χ4v) is 2.33. The number of ketones is 1. The number of Topliss-reactive ketones (excluding diaryl/α,β-unsaturated/α-hetero) is 1. The van der Waals surface area contributed by atoms with Crippen LogP contribution >= 0.6 is 0 Å². The van der Waals surface area contributed by atoms with Gasteiger partial charge >= 0.3 is 5.97 Å². The summed E-state index contributed by atoms with van der Waals surface area (Å²) in [4.78, 5) is 28.2. The van der Waals surface area contributed by atoms with E-state index in [-0.39, 0.29) is 22.9 Å². The molecule has 0 aliphatic carbocycles. The van der Waals surface area contributed by atoms with E-state index in [0.29, 0.717) is 22.3 Å². The number of rotatable bonds is 4. The van der Waals surface area contributed by atoms with Crippen molar-refractivity contribution >= 4 is 22.9 Å². The molecule has 25 heavy (non-hydrogen) atoms. The fraction of sp³-hybridized carbons (Fsp3) is 0.222. The van der Waals surface area contributed by atoms with Crippen LogP contribution in [-0.2, 0) is 9.53 Å². The number of hydrogen-bond acceptors (Lipinski definition) is 6. The van der Waals surface area contributed by atoms with Gasteiger partial charge in [0, 0.05) is 5.56 Å². The SMILES string of the molecule is CC(=O)C(C)OC(=O)c1cc(-c2ccc(F)cc2)nc2onc(C)c12. The van der Waals surface area contributed by atoms with E-state index in [1.807, 2.05) is 0 Å². The maximum Gasteiger partial charge on any atom is 0.339 e. The van der Waals surface area contributed by atoms with Crippen LogP contribution in [0.25, 0.3) is 22.4 Å². The number of benzene rings is 1. The minimum Gasteiger partial charge on any atom is -0.451 e. The predicted molar refractivity (Wildman–Crippen MR) is 87.5 cm³/mol. The summed E-state index contributed by atoms with van der Waals surface area (Å²) in [6.45, 7) is 4.52. The van der Waals surface area contributed by atoms with Crippen LogP contribution in [0.15, 0.2) is 34.9 Å². The maximum absolute atomic E-state index is 13.1. The monoisotopic (exact) mass is 342 g/mol. The molecule has 3 aromatic rings. The summed E-state index contributed by atoms with van der Waals surface area (Å²) in [7, 11) is 0. The van der Waals surface area contributed by atoms with Crippen molar-refractivity contribution in [3.63, 3.8) is 0 Å². The Hall–Kier alpha value is -3.09. The van der Waals surface area contributed by atoms with E-state index < -0.39 is 12.1 Å². The summed E-state index contributed by atoms with van der Waals surface area (Å²) in [5.41, 5.74) is 1.85. The van der Waals surface area contributed by atoms with E-state index in [0.717, 1.165) is 0 Å². The number of halogens is 1.